The Bertz CT molecular complexity index is 301. The third-order valence-electron chi connectivity index (χ3n) is 2.08. The van der Waals surface area contributed by atoms with E-state index < -0.39 is 0 Å². The Morgan fingerprint density at radius 3 is 2.53 bits per heavy atom. The summed E-state index contributed by atoms with van der Waals surface area (Å²) in [5.41, 5.74) is 0.612. The van der Waals surface area contributed by atoms with E-state index in [4.69, 9.17) is 4.74 Å². The summed E-state index contributed by atoms with van der Waals surface area (Å²) >= 11 is 0. The Morgan fingerprint density at radius 1 is 1.33 bits per heavy atom. The lowest BCUT2D eigenvalue weighted by atomic mass is 10.1. The minimum Gasteiger partial charge on any atom is -0.369 e. The van der Waals surface area contributed by atoms with Crippen molar-refractivity contribution in [2.75, 3.05) is 13.6 Å². The second-order valence-electron chi connectivity index (χ2n) is 3.75. The molecule has 15 heavy (non-hydrogen) atoms. The van der Waals surface area contributed by atoms with Gasteiger partial charge >= 0.3 is 0 Å². The predicted octanol–water partition coefficient (Wildman–Crippen LogP) is 2.51. The van der Waals surface area contributed by atoms with Gasteiger partial charge in [0.1, 0.15) is 5.82 Å². The summed E-state index contributed by atoms with van der Waals surface area (Å²) in [5, 5.41) is 3.01. The molecule has 1 atom stereocenters. The van der Waals surface area contributed by atoms with E-state index in [0.717, 1.165) is 0 Å². The Morgan fingerprint density at radius 2 is 2.00 bits per heavy atom. The maximum Gasteiger partial charge on any atom is 0.129 e. The molecule has 3 heteroatoms. The Balaban J connectivity index is 2.83. The molecular formula is C12H18FNO. The van der Waals surface area contributed by atoms with Crippen LogP contribution in [0.5, 0.6) is 0 Å². The van der Waals surface area contributed by atoms with Crippen LogP contribution in [0, 0.1) is 5.82 Å². The first-order valence-corrected chi connectivity index (χ1v) is 5.19. The first-order chi connectivity index (χ1) is 7.15. The van der Waals surface area contributed by atoms with Crippen molar-refractivity contribution in [3.05, 3.63) is 35.6 Å². The van der Waals surface area contributed by atoms with Crippen molar-refractivity contribution < 1.29 is 9.13 Å². The maximum atomic E-state index is 13.5. The van der Waals surface area contributed by atoms with Crippen molar-refractivity contribution in [3.8, 4) is 0 Å². The summed E-state index contributed by atoms with van der Waals surface area (Å²) in [6.07, 6.45) is -0.140. The third kappa shape index (κ3) is 3.61. The summed E-state index contributed by atoms with van der Waals surface area (Å²) in [6.45, 7) is 4.51. The molecule has 0 aromatic heterocycles. The molecule has 0 saturated heterocycles. The minimum atomic E-state index is -0.226. The van der Waals surface area contributed by atoms with E-state index >= 15 is 0 Å². The molecule has 0 aliphatic heterocycles. The van der Waals surface area contributed by atoms with Gasteiger partial charge in [-0.05, 0) is 27.0 Å². The zero-order valence-electron chi connectivity index (χ0n) is 9.46. The molecule has 0 aliphatic carbocycles. The van der Waals surface area contributed by atoms with Crippen LogP contribution in [0.3, 0.4) is 0 Å². The molecule has 2 nitrogen and oxygen atoms in total. The van der Waals surface area contributed by atoms with Crippen LogP contribution in [0.15, 0.2) is 24.3 Å². The van der Waals surface area contributed by atoms with Crippen LogP contribution in [-0.4, -0.2) is 19.7 Å². The summed E-state index contributed by atoms with van der Waals surface area (Å²) in [7, 11) is 1.83. The smallest absolute Gasteiger partial charge is 0.129 e. The van der Waals surface area contributed by atoms with Crippen molar-refractivity contribution >= 4 is 0 Å². The Labute approximate surface area is 90.4 Å². The van der Waals surface area contributed by atoms with Gasteiger partial charge in [-0.25, -0.2) is 4.39 Å². The lowest BCUT2D eigenvalue weighted by Gasteiger charge is -2.21. The average molecular weight is 211 g/mol. The van der Waals surface area contributed by atoms with Crippen molar-refractivity contribution in [2.45, 2.75) is 26.1 Å². The molecule has 0 fully saturated rings. The van der Waals surface area contributed by atoms with Gasteiger partial charge in [0, 0.05) is 12.1 Å². The Kier molecular flexibility index (Phi) is 4.72. The van der Waals surface area contributed by atoms with Gasteiger partial charge in [0.15, 0.2) is 0 Å². The second-order valence-corrected chi connectivity index (χ2v) is 3.75. The molecule has 1 aromatic rings. The van der Waals surface area contributed by atoms with Crippen LogP contribution in [0.2, 0.25) is 0 Å². The van der Waals surface area contributed by atoms with Crippen LogP contribution >= 0.6 is 0 Å². The van der Waals surface area contributed by atoms with E-state index in [1.807, 2.05) is 27.0 Å². The second kappa shape index (κ2) is 5.83. The SMILES string of the molecule is CNCC(OC(C)C)c1ccccc1F. The topological polar surface area (TPSA) is 21.3 Å². The maximum absolute atomic E-state index is 13.5. The number of likely N-dealkylation sites (N-methyl/N-ethyl adjacent to an activating group) is 1. The van der Waals surface area contributed by atoms with Crippen molar-refractivity contribution in [1.82, 2.24) is 5.32 Å². The fourth-order valence-corrected chi connectivity index (χ4v) is 1.48. The summed E-state index contributed by atoms with van der Waals surface area (Å²) in [4.78, 5) is 0. The van der Waals surface area contributed by atoms with Gasteiger partial charge in [0.25, 0.3) is 0 Å². The summed E-state index contributed by atoms with van der Waals surface area (Å²) in [6, 6.07) is 6.73. The van der Waals surface area contributed by atoms with E-state index in [1.165, 1.54) is 6.07 Å². The lowest BCUT2D eigenvalue weighted by Crippen LogP contribution is -2.23. The van der Waals surface area contributed by atoms with Crippen LogP contribution < -0.4 is 5.32 Å². The lowest BCUT2D eigenvalue weighted by molar-refractivity contribution is 0.00627. The molecule has 0 saturated carbocycles. The van der Waals surface area contributed by atoms with Crippen LogP contribution in [0.4, 0.5) is 4.39 Å². The predicted molar refractivity (Wildman–Crippen MR) is 59.3 cm³/mol. The molecule has 1 rings (SSSR count). The number of ether oxygens (including phenoxy) is 1. The molecule has 1 N–H and O–H groups in total. The van der Waals surface area contributed by atoms with Gasteiger partial charge in [-0.1, -0.05) is 18.2 Å². The standard InChI is InChI=1S/C12H18FNO/c1-9(2)15-12(8-14-3)10-6-4-5-7-11(10)13/h4-7,9,12,14H,8H2,1-3H3. The highest BCUT2D eigenvalue weighted by molar-refractivity contribution is 5.20. The number of benzene rings is 1. The quantitative estimate of drug-likeness (QED) is 0.808. The van der Waals surface area contributed by atoms with E-state index in [1.54, 1.807) is 12.1 Å². The average Bonchev–Trinajstić information content (AvgIpc) is 2.17. The fourth-order valence-electron chi connectivity index (χ4n) is 1.48. The number of rotatable bonds is 5. The molecule has 84 valence electrons. The first-order valence-electron chi connectivity index (χ1n) is 5.19. The van der Waals surface area contributed by atoms with Crippen LogP contribution in [0.25, 0.3) is 0 Å². The molecule has 1 aromatic carbocycles. The zero-order valence-corrected chi connectivity index (χ0v) is 9.46. The van der Waals surface area contributed by atoms with Gasteiger partial charge in [0.2, 0.25) is 0 Å². The van der Waals surface area contributed by atoms with Crippen molar-refractivity contribution in [1.29, 1.82) is 0 Å². The molecule has 0 radical (unpaired) electrons. The highest BCUT2D eigenvalue weighted by Crippen LogP contribution is 2.21. The van der Waals surface area contributed by atoms with Crippen molar-refractivity contribution in [2.24, 2.45) is 0 Å². The van der Waals surface area contributed by atoms with Crippen molar-refractivity contribution in [3.63, 3.8) is 0 Å². The van der Waals surface area contributed by atoms with Gasteiger partial charge in [-0.2, -0.15) is 0 Å². The molecule has 1 unspecified atom stereocenters. The Hall–Kier alpha value is -0.930. The zero-order chi connectivity index (χ0) is 11.3. The third-order valence-corrected chi connectivity index (χ3v) is 2.08. The van der Waals surface area contributed by atoms with E-state index in [-0.39, 0.29) is 18.0 Å². The number of nitrogens with one attached hydrogen (secondary N) is 1. The molecule has 0 heterocycles. The number of hydrogen-bond acceptors (Lipinski definition) is 2. The fraction of sp³-hybridized carbons (Fsp3) is 0.500. The molecule has 0 bridgehead atoms. The van der Waals surface area contributed by atoms with Gasteiger partial charge in [0.05, 0.1) is 12.2 Å². The molecule has 0 aliphatic rings. The highest BCUT2D eigenvalue weighted by Gasteiger charge is 2.16. The summed E-state index contributed by atoms with van der Waals surface area (Å²) in [5.74, 6) is -0.210. The molecule has 0 spiro atoms. The summed E-state index contributed by atoms with van der Waals surface area (Å²) < 4.78 is 19.2. The highest BCUT2D eigenvalue weighted by atomic mass is 19.1. The monoisotopic (exact) mass is 211 g/mol. The van der Waals surface area contributed by atoms with E-state index in [9.17, 15) is 4.39 Å². The largest absolute Gasteiger partial charge is 0.369 e. The van der Waals surface area contributed by atoms with Crippen LogP contribution in [-0.2, 0) is 4.74 Å². The van der Waals surface area contributed by atoms with E-state index in [2.05, 4.69) is 5.32 Å². The van der Waals surface area contributed by atoms with Gasteiger partial charge < -0.3 is 10.1 Å². The minimum absolute atomic E-state index is 0.0861. The first kappa shape index (κ1) is 12.1. The van der Waals surface area contributed by atoms with Crippen LogP contribution in [0.1, 0.15) is 25.5 Å². The van der Waals surface area contributed by atoms with E-state index in [0.29, 0.717) is 12.1 Å². The number of halogens is 1. The van der Waals surface area contributed by atoms with Gasteiger partial charge in [-0.3, -0.25) is 0 Å². The normalized spacial score (nSPS) is 13.1. The molecule has 0 amide bonds. The molecular weight excluding hydrogens is 193 g/mol. The number of hydrogen-bond donors (Lipinski definition) is 1. The van der Waals surface area contributed by atoms with Gasteiger partial charge in [-0.15, -0.1) is 0 Å².